The maximum atomic E-state index is 11.9. The van der Waals surface area contributed by atoms with Gasteiger partial charge in [0, 0.05) is 6.20 Å². The lowest BCUT2D eigenvalue weighted by Gasteiger charge is -2.19. The van der Waals surface area contributed by atoms with Crippen LogP contribution in [0.2, 0.25) is 0 Å². The van der Waals surface area contributed by atoms with Crippen molar-refractivity contribution in [1.82, 2.24) is 20.0 Å². The van der Waals surface area contributed by atoms with Crippen molar-refractivity contribution < 1.29 is 9.53 Å². The summed E-state index contributed by atoms with van der Waals surface area (Å²) < 4.78 is 6.59. The number of esters is 1. The summed E-state index contributed by atoms with van der Waals surface area (Å²) in [7, 11) is 0. The van der Waals surface area contributed by atoms with Crippen LogP contribution in [0.5, 0.6) is 0 Å². The summed E-state index contributed by atoms with van der Waals surface area (Å²) in [6.45, 7) is 5.36. The first kappa shape index (κ1) is 13.0. The zero-order chi connectivity index (χ0) is 14.0. The molecule has 7 heteroatoms. The number of anilines is 1. The number of nitrogens with zero attached hydrogens (tertiary/aromatic N) is 4. The Kier molecular flexibility index (Phi) is 3.20. The van der Waals surface area contributed by atoms with Gasteiger partial charge in [-0.15, -0.1) is 5.10 Å². The average Bonchev–Trinajstić information content (AvgIpc) is 2.70. The first-order valence-corrected chi connectivity index (χ1v) is 5.73. The summed E-state index contributed by atoms with van der Waals surface area (Å²) in [6.07, 6.45) is 2.90. The fourth-order valence-electron chi connectivity index (χ4n) is 1.44. The van der Waals surface area contributed by atoms with Crippen molar-refractivity contribution >= 4 is 11.8 Å². The number of nitrogen functional groups attached to an aromatic ring is 1. The summed E-state index contributed by atoms with van der Waals surface area (Å²) in [5, 5.41) is 11.6. The van der Waals surface area contributed by atoms with Crippen molar-refractivity contribution in [3.63, 3.8) is 0 Å². The van der Waals surface area contributed by atoms with Crippen LogP contribution in [-0.2, 0) is 4.74 Å². The molecule has 2 aromatic rings. The van der Waals surface area contributed by atoms with E-state index in [4.69, 9.17) is 10.5 Å². The van der Waals surface area contributed by atoms with Crippen molar-refractivity contribution in [1.29, 1.82) is 0 Å². The topological polar surface area (TPSA) is 95.9 Å². The summed E-state index contributed by atoms with van der Waals surface area (Å²) in [4.78, 5) is 11.9. The lowest BCUT2D eigenvalue weighted by Crippen LogP contribution is -2.24. The number of nitrogens with two attached hydrogens (primary N) is 1. The van der Waals surface area contributed by atoms with Gasteiger partial charge in [0.1, 0.15) is 17.0 Å². The summed E-state index contributed by atoms with van der Waals surface area (Å²) in [6, 6.07) is 3.39. The van der Waals surface area contributed by atoms with Crippen LogP contribution in [0.4, 0.5) is 5.82 Å². The van der Waals surface area contributed by atoms with Gasteiger partial charge in [0.15, 0.2) is 5.82 Å². The van der Waals surface area contributed by atoms with Gasteiger partial charge in [-0.2, -0.15) is 14.9 Å². The molecule has 0 atom stereocenters. The highest BCUT2D eigenvalue weighted by atomic mass is 16.6. The molecular formula is C12H15N5O2. The van der Waals surface area contributed by atoms with E-state index in [0.717, 1.165) is 0 Å². The van der Waals surface area contributed by atoms with Gasteiger partial charge in [-0.25, -0.2) is 4.79 Å². The third-order valence-electron chi connectivity index (χ3n) is 2.20. The molecule has 0 saturated heterocycles. The van der Waals surface area contributed by atoms with Crippen molar-refractivity contribution in [3.05, 3.63) is 30.1 Å². The smallest absolute Gasteiger partial charge is 0.344 e. The molecular weight excluding hydrogens is 246 g/mol. The molecule has 0 fully saturated rings. The van der Waals surface area contributed by atoms with Gasteiger partial charge in [0.25, 0.3) is 0 Å². The van der Waals surface area contributed by atoms with Gasteiger partial charge in [-0.3, -0.25) is 0 Å². The van der Waals surface area contributed by atoms with Crippen molar-refractivity contribution in [2.24, 2.45) is 0 Å². The summed E-state index contributed by atoms with van der Waals surface area (Å²) >= 11 is 0. The minimum atomic E-state index is -0.585. The second-order valence-corrected chi connectivity index (χ2v) is 4.94. The molecule has 7 nitrogen and oxygen atoms in total. The van der Waals surface area contributed by atoms with Crippen LogP contribution in [0.1, 0.15) is 31.1 Å². The van der Waals surface area contributed by atoms with Crippen LogP contribution in [0, 0.1) is 0 Å². The molecule has 2 aromatic heterocycles. The van der Waals surface area contributed by atoms with E-state index in [2.05, 4.69) is 15.3 Å². The van der Waals surface area contributed by atoms with E-state index in [1.807, 2.05) is 0 Å². The average molecular weight is 261 g/mol. The SMILES string of the molecule is CC(C)(C)OC(=O)c1cnn(-c2cccnn2)c1N. The third-order valence-corrected chi connectivity index (χ3v) is 2.20. The molecule has 19 heavy (non-hydrogen) atoms. The molecule has 0 aliphatic carbocycles. The fraction of sp³-hybridized carbons (Fsp3) is 0.333. The number of hydrogen-bond donors (Lipinski definition) is 1. The number of hydrogen-bond acceptors (Lipinski definition) is 6. The van der Waals surface area contributed by atoms with Crippen molar-refractivity contribution in [2.75, 3.05) is 5.73 Å². The summed E-state index contributed by atoms with van der Waals surface area (Å²) in [5.74, 6) is 0.102. The Morgan fingerprint density at radius 1 is 1.42 bits per heavy atom. The number of aromatic nitrogens is 4. The molecule has 0 aliphatic heterocycles. The molecule has 2 heterocycles. The second kappa shape index (κ2) is 4.68. The van der Waals surface area contributed by atoms with Gasteiger partial charge in [0.05, 0.1) is 6.20 Å². The Morgan fingerprint density at radius 3 is 2.74 bits per heavy atom. The van der Waals surface area contributed by atoms with Gasteiger partial charge in [-0.1, -0.05) is 0 Å². The van der Waals surface area contributed by atoms with E-state index in [9.17, 15) is 4.79 Å². The maximum Gasteiger partial charge on any atom is 0.344 e. The monoisotopic (exact) mass is 261 g/mol. The van der Waals surface area contributed by atoms with Gasteiger partial charge in [0.2, 0.25) is 0 Å². The van der Waals surface area contributed by atoms with Crippen LogP contribution in [0.25, 0.3) is 5.82 Å². The fourth-order valence-corrected chi connectivity index (χ4v) is 1.44. The Bertz CT molecular complexity index is 586. The largest absolute Gasteiger partial charge is 0.456 e. The normalized spacial score (nSPS) is 11.3. The van der Waals surface area contributed by atoms with E-state index in [1.165, 1.54) is 17.1 Å². The molecule has 0 bridgehead atoms. The second-order valence-electron chi connectivity index (χ2n) is 4.94. The number of ether oxygens (including phenoxy) is 1. The Hall–Kier alpha value is -2.44. The first-order chi connectivity index (χ1) is 8.88. The van der Waals surface area contributed by atoms with Crippen LogP contribution in [0.15, 0.2) is 24.5 Å². The maximum absolute atomic E-state index is 11.9. The highest BCUT2D eigenvalue weighted by Crippen LogP contribution is 2.18. The molecule has 2 rings (SSSR count). The molecule has 2 N–H and O–H groups in total. The number of carbonyl (C=O) groups excluding carboxylic acids is 1. The Balaban J connectivity index is 2.31. The van der Waals surface area contributed by atoms with Crippen LogP contribution in [0.3, 0.4) is 0 Å². The minimum Gasteiger partial charge on any atom is -0.456 e. The lowest BCUT2D eigenvalue weighted by atomic mass is 10.2. The van der Waals surface area contributed by atoms with E-state index in [-0.39, 0.29) is 11.4 Å². The molecule has 0 unspecified atom stereocenters. The van der Waals surface area contributed by atoms with Crippen LogP contribution >= 0.6 is 0 Å². The van der Waals surface area contributed by atoms with E-state index >= 15 is 0 Å². The standard InChI is InChI=1S/C12H15N5O2/c1-12(2,3)19-11(18)8-7-15-17(10(8)13)9-5-4-6-14-16-9/h4-7H,13H2,1-3H3. The number of carbonyl (C=O) groups is 1. The van der Waals surface area contributed by atoms with E-state index < -0.39 is 11.6 Å². The Labute approximate surface area is 110 Å². The highest BCUT2D eigenvalue weighted by molar-refractivity contribution is 5.94. The molecule has 0 aliphatic rings. The minimum absolute atomic E-state index is 0.176. The zero-order valence-corrected chi connectivity index (χ0v) is 11.0. The highest BCUT2D eigenvalue weighted by Gasteiger charge is 2.23. The van der Waals surface area contributed by atoms with Crippen molar-refractivity contribution in [3.8, 4) is 5.82 Å². The van der Waals surface area contributed by atoms with Gasteiger partial charge in [-0.05, 0) is 32.9 Å². The van der Waals surface area contributed by atoms with Crippen molar-refractivity contribution in [2.45, 2.75) is 26.4 Å². The quantitative estimate of drug-likeness (QED) is 0.816. The molecule has 0 radical (unpaired) electrons. The third kappa shape index (κ3) is 2.87. The van der Waals surface area contributed by atoms with Crippen LogP contribution < -0.4 is 5.73 Å². The molecule has 0 saturated carbocycles. The Morgan fingerprint density at radius 2 is 2.16 bits per heavy atom. The molecule has 0 amide bonds. The first-order valence-electron chi connectivity index (χ1n) is 5.73. The molecule has 100 valence electrons. The van der Waals surface area contributed by atoms with E-state index in [0.29, 0.717) is 5.82 Å². The summed E-state index contributed by atoms with van der Waals surface area (Å²) in [5.41, 5.74) is 5.51. The van der Waals surface area contributed by atoms with Gasteiger partial charge < -0.3 is 10.5 Å². The van der Waals surface area contributed by atoms with Crippen LogP contribution in [-0.4, -0.2) is 31.5 Å². The van der Waals surface area contributed by atoms with Gasteiger partial charge >= 0.3 is 5.97 Å². The zero-order valence-electron chi connectivity index (χ0n) is 11.0. The molecule has 0 spiro atoms. The number of rotatable bonds is 2. The molecule has 0 aromatic carbocycles. The van der Waals surface area contributed by atoms with E-state index in [1.54, 1.807) is 32.9 Å². The predicted octanol–water partition coefficient (Wildman–Crippen LogP) is 1.20. The lowest BCUT2D eigenvalue weighted by molar-refractivity contribution is 0.00708. The predicted molar refractivity (Wildman–Crippen MR) is 68.7 cm³/mol.